The number of pyridine rings is 1. The number of aromatic nitrogens is 4. The molecule has 1 aromatic carbocycles. The highest BCUT2D eigenvalue weighted by Crippen LogP contribution is 2.19. The van der Waals surface area contributed by atoms with Crippen molar-refractivity contribution in [3.8, 4) is 17.1 Å². The Morgan fingerprint density at radius 3 is 2.67 bits per heavy atom. The lowest BCUT2D eigenvalue weighted by Crippen LogP contribution is -2.22. The lowest BCUT2D eigenvalue weighted by Gasteiger charge is -2.16. The van der Waals surface area contributed by atoms with Crippen LogP contribution in [-0.4, -0.2) is 38.4 Å². The van der Waals surface area contributed by atoms with Crippen molar-refractivity contribution >= 4 is 12.2 Å². The van der Waals surface area contributed by atoms with Gasteiger partial charge >= 0.3 is 0 Å². The number of rotatable bonds is 8. The van der Waals surface area contributed by atoms with Crippen molar-refractivity contribution < 1.29 is 4.74 Å². The monoisotopic (exact) mass is 383 g/mol. The summed E-state index contributed by atoms with van der Waals surface area (Å²) in [5, 5.41) is 4.80. The largest absolute Gasteiger partial charge is 0.497 e. The fraction of sp³-hybridized carbons (Fsp3) is 0.350. The fourth-order valence-electron chi connectivity index (χ4n) is 3.03. The topological polar surface area (TPSA) is 48.1 Å². The van der Waals surface area contributed by atoms with Gasteiger partial charge in [0.05, 0.1) is 13.8 Å². The van der Waals surface area contributed by atoms with Crippen LogP contribution in [0.1, 0.15) is 18.9 Å². The molecule has 0 radical (unpaired) electrons. The first-order valence-electron chi connectivity index (χ1n) is 9.02. The minimum absolute atomic E-state index is 0.616. The molecule has 0 amide bonds. The van der Waals surface area contributed by atoms with E-state index >= 15 is 0 Å². The number of ether oxygens (including phenoxy) is 1. The molecule has 0 saturated carbocycles. The van der Waals surface area contributed by atoms with Crippen molar-refractivity contribution in [2.24, 2.45) is 0 Å². The molecule has 0 atom stereocenters. The quantitative estimate of drug-likeness (QED) is 0.551. The van der Waals surface area contributed by atoms with E-state index in [1.807, 2.05) is 35.0 Å². The molecule has 2 aromatic heterocycles. The fourth-order valence-corrected chi connectivity index (χ4v) is 3.31. The Balaban J connectivity index is 1.83. The summed E-state index contributed by atoms with van der Waals surface area (Å²) in [5.74, 6) is 1.75. The molecule has 0 aliphatic heterocycles. The average molecular weight is 384 g/mol. The van der Waals surface area contributed by atoms with Gasteiger partial charge in [0.15, 0.2) is 10.6 Å². The van der Waals surface area contributed by atoms with Crippen molar-refractivity contribution in [1.82, 2.24) is 24.2 Å². The van der Waals surface area contributed by atoms with Gasteiger partial charge in [-0.25, -0.2) is 4.68 Å². The van der Waals surface area contributed by atoms with Crippen molar-refractivity contribution in [3.05, 3.63) is 59.1 Å². The molecule has 2 heterocycles. The first kappa shape index (κ1) is 19.3. The maximum atomic E-state index is 5.70. The van der Waals surface area contributed by atoms with E-state index in [2.05, 4.69) is 34.5 Å². The third-order valence-electron chi connectivity index (χ3n) is 4.27. The predicted molar refractivity (Wildman–Crippen MR) is 109 cm³/mol. The Bertz CT molecular complexity index is 935. The van der Waals surface area contributed by atoms with Crippen LogP contribution in [0.5, 0.6) is 5.75 Å². The molecular weight excluding hydrogens is 358 g/mol. The summed E-state index contributed by atoms with van der Waals surface area (Å²) in [6.07, 6.45) is 4.56. The van der Waals surface area contributed by atoms with Crippen LogP contribution in [0.2, 0.25) is 0 Å². The Morgan fingerprint density at radius 1 is 1.19 bits per heavy atom. The van der Waals surface area contributed by atoms with Gasteiger partial charge in [0, 0.05) is 31.0 Å². The van der Waals surface area contributed by atoms with E-state index in [-0.39, 0.29) is 0 Å². The van der Waals surface area contributed by atoms with Gasteiger partial charge in [-0.15, -0.1) is 0 Å². The highest BCUT2D eigenvalue weighted by atomic mass is 32.1. The second kappa shape index (κ2) is 8.92. The standard InChI is InChI=1S/C20H25N5OS/c1-4-12-24-19(17-8-10-21-11-9-17)22-25(20(24)27)15-23(2)14-16-6-5-7-18(13-16)26-3/h5-11,13H,4,12,14-15H2,1-3H3. The number of hydrogen-bond donors (Lipinski definition) is 0. The van der Waals surface area contributed by atoms with Crippen LogP contribution in [0.15, 0.2) is 48.8 Å². The van der Waals surface area contributed by atoms with Gasteiger partial charge in [0.25, 0.3) is 0 Å². The molecule has 142 valence electrons. The number of benzene rings is 1. The molecule has 0 aliphatic carbocycles. The summed E-state index contributed by atoms with van der Waals surface area (Å²) in [4.78, 5) is 6.28. The highest BCUT2D eigenvalue weighted by Gasteiger charge is 2.13. The lowest BCUT2D eigenvalue weighted by molar-refractivity contribution is 0.243. The van der Waals surface area contributed by atoms with Crippen molar-refractivity contribution in [2.75, 3.05) is 14.2 Å². The smallest absolute Gasteiger partial charge is 0.199 e. The van der Waals surface area contributed by atoms with E-state index in [1.165, 1.54) is 5.56 Å². The first-order chi connectivity index (χ1) is 13.1. The van der Waals surface area contributed by atoms with E-state index in [4.69, 9.17) is 22.1 Å². The molecule has 27 heavy (non-hydrogen) atoms. The van der Waals surface area contributed by atoms with Gasteiger partial charge in [0.1, 0.15) is 5.75 Å². The Hall–Kier alpha value is -2.51. The normalized spacial score (nSPS) is 11.1. The molecule has 7 heteroatoms. The second-order valence-corrected chi connectivity index (χ2v) is 6.87. The Morgan fingerprint density at radius 2 is 1.96 bits per heavy atom. The van der Waals surface area contributed by atoms with E-state index in [1.54, 1.807) is 19.5 Å². The summed E-state index contributed by atoms with van der Waals surface area (Å²) in [6, 6.07) is 12.0. The first-order valence-corrected chi connectivity index (χ1v) is 9.42. The molecule has 6 nitrogen and oxygen atoms in total. The van der Waals surface area contributed by atoms with Gasteiger partial charge in [-0.05, 0) is 55.5 Å². The van der Waals surface area contributed by atoms with Crippen molar-refractivity contribution in [2.45, 2.75) is 33.1 Å². The number of hydrogen-bond acceptors (Lipinski definition) is 5. The number of methoxy groups -OCH3 is 1. The highest BCUT2D eigenvalue weighted by molar-refractivity contribution is 7.71. The Labute approximate surface area is 165 Å². The lowest BCUT2D eigenvalue weighted by atomic mass is 10.2. The maximum Gasteiger partial charge on any atom is 0.199 e. The molecule has 0 bridgehead atoms. The zero-order valence-electron chi connectivity index (χ0n) is 16.0. The summed E-state index contributed by atoms with van der Waals surface area (Å²) in [7, 11) is 3.75. The zero-order valence-corrected chi connectivity index (χ0v) is 16.8. The summed E-state index contributed by atoms with van der Waals surface area (Å²) >= 11 is 5.70. The molecule has 0 unspecified atom stereocenters. The van der Waals surface area contributed by atoms with E-state index in [0.29, 0.717) is 6.67 Å². The van der Waals surface area contributed by atoms with Crippen LogP contribution < -0.4 is 4.74 Å². The SMILES string of the molecule is CCCn1c(-c2ccncc2)nn(CN(C)Cc2cccc(OC)c2)c1=S. The number of nitrogens with zero attached hydrogens (tertiary/aromatic N) is 5. The third kappa shape index (κ3) is 4.61. The van der Waals surface area contributed by atoms with Crippen LogP contribution in [0.3, 0.4) is 0 Å². The zero-order chi connectivity index (χ0) is 19.2. The van der Waals surface area contributed by atoms with E-state index in [0.717, 1.165) is 41.4 Å². The van der Waals surface area contributed by atoms with Gasteiger partial charge < -0.3 is 4.74 Å². The summed E-state index contributed by atoms with van der Waals surface area (Å²) < 4.78 is 10.0. The molecule has 3 rings (SSSR count). The minimum Gasteiger partial charge on any atom is -0.497 e. The Kier molecular flexibility index (Phi) is 6.36. The van der Waals surface area contributed by atoms with Crippen LogP contribution in [-0.2, 0) is 19.8 Å². The van der Waals surface area contributed by atoms with Crippen LogP contribution in [0, 0.1) is 4.77 Å². The minimum atomic E-state index is 0.616. The molecule has 3 aromatic rings. The van der Waals surface area contributed by atoms with Gasteiger partial charge in [-0.3, -0.25) is 14.5 Å². The van der Waals surface area contributed by atoms with Gasteiger partial charge in [0.2, 0.25) is 0 Å². The van der Waals surface area contributed by atoms with Crippen molar-refractivity contribution in [1.29, 1.82) is 0 Å². The third-order valence-corrected chi connectivity index (χ3v) is 4.70. The van der Waals surface area contributed by atoms with Crippen LogP contribution in [0.25, 0.3) is 11.4 Å². The molecule has 0 saturated heterocycles. The second-order valence-electron chi connectivity index (χ2n) is 6.50. The summed E-state index contributed by atoms with van der Waals surface area (Å²) in [6.45, 7) is 4.38. The molecular formula is C20H25N5OS. The van der Waals surface area contributed by atoms with Gasteiger partial charge in [-0.2, -0.15) is 5.10 Å². The van der Waals surface area contributed by atoms with E-state index < -0.39 is 0 Å². The van der Waals surface area contributed by atoms with Crippen molar-refractivity contribution in [3.63, 3.8) is 0 Å². The molecule has 0 aliphatic rings. The molecule has 0 N–H and O–H groups in total. The summed E-state index contributed by atoms with van der Waals surface area (Å²) in [5.41, 5.74) is 2.21. The average Bonchev–Trinajstić information content (AvgIpc) is 2.99. The molecule has 0 spiro atoms. The van der Waals surface area contributed by atoms with Gasteiger partial charge in [-0.1, -0.05) is 19.1 Å². The maximum absolute atomic E-state index is 5.70. The van der Waals surface area contributed by atoms with Crippen LogP contribution in [0.4, 0.5) is 0 Å². The van der Waals surface area contributed by atoms with Crippen LogP contribution >= 0.6 is 12.2 Å². The van der Waals surface area contributed by atoms with E-state index in [9.17, 15) is 0 Å². The molecule has 0 fully saturated rings. The predicted octanol–water partition coefficient (Wildman–Crippen LogP) is 3.98.